The van der Waals surface area contributed by atoms with Gasteiger partial charge in [0.1, 0.15) is 41.9 Å². The third-order valence-corrected chi connectivity index (χ3v) is 12.9. The molecule has 244 valence electrons. The summed E-state index contributed by atoms with van der Waals surface area (Å²) in [5, 5.41) is 0. The predicted molar refractivity (Wildman–Crippen MR) is 159 cm³/mol. The first-order chi connectivity index (χ1) is 22.1. The first kappa shape index (κ1) is 29.0. The predicted octanol–water partition coefficient (Wildman–Crippen LogP) is -1.74. The molecule has 6 fully saturated rings. The van der Waals surface area contributed by atoms with Crippen molar-refractivity contribution in [2.45, 2.75) is 53.8 Å². The highest BCUT2D eigenvalue weighted by molar-refractivity contribution is 8.00. The molecular formula is C23H26N11O9PS2. The second-order valence-electron chi connectivity index (χ2n) is 11.7. The number of methoxy groups -OCH3 is 1. The molecule has 2 spiro atoms. The summed E-state index contributed by atoms with van der Waals surface area (Å²) in [7, 11) is -5.14. The highest BCUT2D eigenvalue weighted by atomic mass is 32.4. The average molecular weight is 696 g/mol. The lowest BCUT2D eigenvalue weighted by molar-refractivity contribution is -0.298. The van der Waals surface area contributed by atoms with Gasteiger partial charge in [0.2, 0.25) is 16.0 Å². The van der Waals surface area contributed by atoms with Crippen molar-refractivity contribution in [3.8, 4) is 0 Å². The number of anilines is 2. The number of imidazole rings is 2. The Balaban J connectivity index is 1.07. The second-order valence-corrected chi connectivity index (χ2v) is 15.7. The monoisotopic (exact) mass is 695 g/mol. The first-order valence-electron chi connectivity index (χ1n) is 14.1. The van der Waals surface area contributed by atoms with Crippen molar-refractivity contribution in [3.63, 3.8) is 0 Å². The summed E-state index contributed by atoms with van der Waals surface area (Å²) in [5.74, 6) is -0.523. The molecule has 1 saturated carbocycles. The summed E-state index contributed by atoms with van der Waals surface area (Å²) in [5.41, 5.74) is 11.2. The SMILES string of the molecule is CO[C@H]1[C@H]2O[PH](=S)OC[C@@]34C[C@@]5(O[C@H](C35)[C@H](n3cnc5c(N)ncnc53)O4)S(=O)(=O)NC[C@H]1O[C@H]2n1cnc2c(=O)[nH]c(N)nc21. The summed E-state index contributed by atoms with van der Waals surface area (Å²) in [6.45, 7) is -0.254. The molecule has 4 bridgehead atoms. The Labute approximate surface area is 263 Å². The van der Waals surface area contributed by atoms with Gasteiger partial charge in [-0.15, -0.1) is 0 Å². The molecule has 1 aliphatic carbocycles. The van der Waals surface area contributed by atoms with Gasteiger partial charge in [-0.05, 0) is 11.8 Å². The minimum Gasteiger partial charge on any atom is -0.382 e. The van der Waals surface area contributed by atoms with Gasteiger partial charge in [0.25, 0.3) is 5.56 Å². The Bertz CT molecular complexity index is 2130. The van der Waals surface area contributed by atoms with Crippen molar-refractivity contribution in [3.05, 3.63) is 29.3 Å². The van der Waals surface area contributed by atoms with Crippen LogP contribution in [0.15, 0.2) is 23.8 Å². The van der Waals surface area contributed by atoms with Crippen molar-refractivity contribution in [2.75, 3.05) is 31.7 Å². The van der Waals surface area contributed by atoms with Gasteiger partial charge in [0.05, 0.1) is 25.2 Å². The Morgan fingerprint density at radius 1 is 1.09 bits per heavy atom. The Morgan fingerprint density at radius 3 is 2.67 bits per heavy atom. The number of aromatic nitrogens is 8. The summed E-state index contributed by atoms with van der Waals surface area (Å²) < 4.78 is 71.1. The number of ether oxygens (including phenoxy) is 4. The average Bonchev–Trinajstić information content (AvgIpc) is 3.72. The van der Waals surface area contributed by atoms with E-state index in [0.717, 1.165) is 0 Å². The molecule has 2 unspecified atom stereocenters. The summed E-state index contributed by atoms with van der Waals surface area (Å²) >= 11 is 5.70. The van der Waals surface area contributed by atoms with Crippen LogP contribution in [0.3, 0.4) is 0 Å². The molecule has 10 rings (SSSR count). The quantitative estimate of drug-likeness (QED) is 0.173. The lowest BCUT2D eigenvalue weighted by Crippen LogP contribution is -2.81. The van der Waals surface area contributed by atoms with Crippen molar-refractivity contribution >= 4 is 63.1 Å². The van der Waals surface area contributed by atoms with Crippen LogP contribution in [-0.4, -0.2) is 103 Å². The number of aromatic amines is 1. The molecule has 6 N–H and O–H groups in total. The second kappa shape index (κ2) is 9.69. The number of fused-ring (bicyclic) bond motifs is 7. The van der Waals surface area contributed by atoms with Crippen molar-refractivity contribution in [1.82, 2.24) is 43.8 Å². The van der Waals surface area contributed by atoms with Crippen molar-refractivity contribution in [2.24, 2.45) is 5.92 Å². The van der Waals surface area contributed by atoms with Gasteiger partial charge in [0, 0.05) is 20.1 Å². The number of H-pyrrole nitrogens is 1. The molecule has 20 nitrogen and oxygen atoms in total. The van der Waals surface area contributed by atoms with E-state index in [1.54, 1.807) is 4.57 Å². The maximum Gasteiger partial charge on any atom is 0.280 e. The fraction of sp³-hybridized carbons (Fsp3) is 0.565. The van der Waals surface area contributed by atoms with Crippen LogP contribution in [0.2, 0.25) is 0 Å². The van der Waals surface area contributed by atoms with E-state index in [4.69, 9.17) is 51.3 Å². The van der Waals surface area contributed by atoms with Gasteiger partial charge in [-0.1, -0.05) is 0 Å². The molecule has 9 heterocycles. The van der Waals surface area contributed by atoms with Gasteiger partial charge >= 0.3 is 0 Å². The zero-order valence-corrected chi connectivity index (χ0v) is 26.3. The van der Waals surface area contributed by atoms with E-state index >= 15 is 0 Å². The van der Waals surface area contributed by atoms with Crippen LogP contribution in [-0.2, 0) is 49.8 Å². The molecule has 0 radical (unpaired) electrons. The van der Waals surface area contributed by atoms with Crippen LogP contribution in [0, 0.1) is 5.92 Å². The molecule has 4 aromatic heterocycles. The van der Waals surface area contributed by atoms with Gasteiger partial charge < -0.3 is 39.5 Å². The standard InChI is InChI=1S/C23H26N11O9PS2/c1-38-11-8-2-30-46(36,37)23-3-22(14(23)13(41-23)20(42-22)33-6-28-9-15(24)26-5-27-16(9)33)4-39-44(45)43-12(11)19(40-8)34-7-29-10-17(34)31-21(25)32-18(10)35/h5-8,11-14,19-20,30,44H,2-4H2,1H3,(H2,24,26,27)(H3,25,31,32,35)/t8-,11-,12-,13-,14?,19-,20-,22+,23-/m1/s1. The van der Waals surface area contributed by atoms with E-state index in [9.17, 15) is 13.2 Å². The molecule has 5 aliphatic heterocycles. The van der Waals surface area contributed by atoms with Crippen molar-refractivity contribution in [1.29, 1.82) is 0 Å². The molecule has 4 aromatic rings. The third-order valence-electron chi connectivity index (χ3n) is 9.43. The summed E-state index contributed by atoms with van der Waals surface area (Å²) in [4.78, 5) is 34.3. The fourth-order valence-electron chi connectivity index (χ4n) is 7.49. The number of hydrogen-bond acceptors (Lipinski definition) is 17. The number of nitrogen functional groups attached to an aromatic ring is 2. The molecule has 0 amide bonds. The lowest BCUT2D eigenvalue weighted by Gasteiger charge is -2.64. The van der Waals surface area contributed by atoms with Gasteiger partial charge in [-0.25, -0.2) is 33.1 Å². The molecule has 46 heavy (non-hydrogen) atoms. The van der Waals surface area contributed by atoms with E-state index in [-0.39, 0.29) is 42.5 Å². The van der Waals surface area contributed by atoms with Gasteiger partial charge in [0.15, 0.2) is 47.2 Å². The van der Waals surface area contributed by atoms with Crippen LogP contribution in [0.1, 0.15) is 18.9 Å². The smallest absolute Gasteiger partial charge is 0.280 e. The Hall–Kier alpha value is -3.18. The number of sulfonamides is 1. The van der Waals surface area contributed by atoms with Crippen LogP contribution in [0.5, 0.6) is 0 Å². The lowest BCUT2D eigenvalue weighted by atomic mass is 9.61. The summed E-state index contributed by atoms with van der Waals surface area (Å²) in [6.07, 6.45) is -0.798. The molecule has 6 aliphatic rings. The van der Waals surface area contributed by atoms with Gasteiger partial charge in [-0.3, -0.25) is 18.9 Å². The zero-order chi connectivity index (χ0) is 31.7. The maximum atomic E-state index is 14.0. The molecule has 5 saturated heterocycles. The molecular weight excluding hydrogens is 669 g/mol. The number of rotatable bonds is 3. The van der Waals surface area contributed by atoms with E-state index < -0.39 is 76.1 Å². The number of nitrogens with zero attached hydrogens (tertiary/aromatic N) is 7. The molecule has 0 aromatic carbocycles. The molecule has 10 atom stereocenters. The zero-order valence-electron chi connectivity index (χ0n) is 23.7. The van der Waals surface area contributed by atoms with Gasteiger partial charge in [-0.2, -0.15) is 4.98 Å². The van der Waals surface area contributed by atoms with E-state index in [0.29, 0.717) is 11.2 Å². The normalized spacial score (nSPS) is 39.6. The Morgan fingerprint density at radius 2 is 1.87 bits per heavy atom. The number of nitrogens with one attached hydrogen (secondary N) is 2. The van der Waals surface area contributed by atoms with Crippen LogP contribution in [0.4, 0.5) is 11.8 Å². The molecule has 23 heteroatoms. The number of nitrogens with two attached hydrogens (primary N) is 2. The van der Waals surface area contributed by atoms with Crippen molar-refractivity contribution < 1.29 is 36.4 Å². The topological polar surface area (TPSA) is 261 Å². The third kappa shape index (κ3) is 3.72. The largest absolute Gasteiger partial charge is 0.382 e. The van der Waals surface area contributed by atoms with E-state index in [1.807, 2.05) is 0 Å². The highest BCUT2D eigenvalue weighted by Crippen LogP contribution is 2.71. The van der Waals surface area contributed by atoms with Crippen LogP contribution in [0.25, 0.3) is 22.3 Å². The minimum atomic E-state index is -4.12. The van der Waals surface area contributed by atoms with E-state index in [2.05, 4.69) is 34.6 Å². The number of hydrogen-bond donors (Lipinski definition) is 4. The highest BCUT2D eigenvalue weighted by Gasteiger charge is 2.86. The van der Waals surface area contributed by atoms with Crippen LogP contribution < -0.4 is 21.7 Å². The van der Waals surface area contributed by atoms with Crippen LogP contribution >= 0.6 is 7.15 Å². The Kier molecular flexibility index (Phi) is 6.11. The van der Waals surface area contributed by atoms with E-state index in [1.165, 1.54) is 30.7 Å². The first-order valence-corrected chi connectivity index (χ1v) is 18.0. The minimum absolute atomic E-state index is 0.00478. The fourth-order valence-corrected chi connectivity index (χ4v) is 10.9. The maximum absolute atomic E-state index is 14.0. The summed E-state index contributed by atoms with van der Waals surface area (Å²) in [6, 6.07) is 0.